The molecule has 9 heteroatoms. The van der Waals surface area contributed by atoms with E-state index in [0.717, 1.165) is 12.3 Å². The maximum absolute atomic E-state index is 14.5. The molecule has 1 aliphatic rings. The Kier molecular flexibility index (Phi) is 5.55. The zero-order valence-electron chi connectivity index (χ0n) is 14.2. The lowest BCUT2D eigenvalue weighted by Gasteiger charge is -2.23. The van der Waals surface area contributed by atoms with E-state index in [2.05, 4.69) is 4.99 Å². The maximum atomic E-state index is 14.5. The van der Waals surface area contributed by atoms with Gasteiger partial charge in [-0.1, -0.05) is 23.2 Å². The number of sulfone groups is 1. The SMILES string of the molecule is CS(=O)(=O)CCN1C(=O)CN=C(c2ccc(Cl)cc2F)c2cc(Cl)ccc21. The van der Waals surface area contributed by atoms with E-state index in [0.29, 0.717) is 16.3 Å². The highest BCUT2D eigenvalue weighted by atomic mass is 35.5. The van der Waals surface area contributed by atoms with Gasteiger partial charge in [-0.15, -0.1) is 0 Å². The number of carbonyl (C=O) groups excluding carboxylic acids is 1. The summed E-state index contributed by atoms with van der Waals surface area (Å²) < 4.78 is 37.6. The molecule has 142 valence electrons. The van der Waals surface area contributed by atoms with Crippen LogP contribution in [0, 0.1) is 5.82 Å². The molecule has 0 saturated carbocycles. The lowest BCUT2D eigenvalue weighted by Crippen LogP contribution is -2.36. The normalized spacial score (nSPS) is 14.6. The first-order valence-corrected chi connectivity index (χ1v) is 10.8. The molecule has 0 N–H and O–H groups in total. The summed E-state index contributed by atoms with van der Waals surface area (Å²) in [5.74, 6) is -1.17. The number of nitrogens with zero attached hydrogens (tertiary/aromatic N) is 2. The number of hydrogen-bond donors (Lipinski definition) is 0. The number of rotatable bonds is 4. The van der Waals surface area contributed by atoms with Crippen molar-refractivity contribution < 1.29 is 17.6 Å². The van der Waals surface area contributed by atoms with E-state index < -0.39 is 15.7 Å². The van der Waals surface area contributed by atoms with Crippen LogP contribution >= 0.6 is 23.2 Å². The molecule has 0 aliphatic carbocycles. The van der Waals surface area contributed by atoms with Crippen molar-refractivity contribution in [3.63, 3.8) is 0 Å². The Morgan fingerprint density at radius 3 is 2.44 bits per heavy atom. The molecule has 2 aromatic rings. The second-order valence-corrected chi connectivity index (χ2v) is 9.26. The molecule has 0 spiro atoms. The number of carbonyl (C=O) groups is 1. The van der Waals surface area contributed by atoms with Crippen molar-refractivity contribution in [3.05, 3.63) is 63.4 Å². The highest BCUT2D eigenvalue weighted by molar-refractivity contribution is 7.90. The second-order valence-electron chi connectivity index (χ2n) is 6.13. The van der Waals surface area contributed by atoms with Crippen LogP contribution in [0.25, 0.3) is 0 Å². The van der Waals surface area contributed by atoms with Crippen LogP contribution in [0.2, 0.25) is 10.0 Å². The summed E-state index contributed by atoms with van der Waals surface area (Å²) in [6.07, 6.45) is 1.10. The van der Waals surface area contributed by atoms with Gasteiger partial charge in [0.25, 0.3) is 0 Å². The number of halogens is 3. The summed E-state index contributed by atoms with van der Waals surface area (Å²) in [6, 6.07) is 8.95. The first kappa shape index (κ1) is 19.8. The van der Waals surface area contributed by atoms with Gasteiger partial charge in [0.15, 0.2) is 0 Å². The second kappa shape index (κ2) is 7.58. The van der Waals surface area contributed by atoms with E-state index in [1.54, 1.807) is 18.2 Å². The molecule has 1 amide bonds. The average molecular weight is 429 g/mol. The number of hydrogen-bond acceptors (Lipinski definition) is 4. The molecule has 0 radical (unpaired) electrons. The Bertz CT molecular complexity index is 1050. The average Bonchev–Trinajstić information content (AvgIpc) is 2.69. The molecule has 3 rings (SSSR count). The molecule has 0 unspecified atom stereocenters. The van der Waals surface area contributed by atoms with Gasteiger partial charge in [0.2, 0.25) is 5.91 Å². The lowest BCUT2D eigenvalue weighted by atomic mass is 9.99. The smallest absolute Gasteiger partial charge is 0.248 e. The van der Waals surface area contributed by atoms with Gasteiger partial charge >= 0.3 is 0 Å². The van der Waals surface area contributed by atoms with Gasteiger partial charge in [0.1, 0.15) is 22.2 Å². The zero-order valence-corrected chi connectivity index (χ0v) is 16.6. The summed E-state index contributed by atoms with van der Waals surface area (Å²) in [4.78, 5) is 18.2. The number of aliphatic imine (C=N–C) groups is 1. The monoisotopic (exact) mass is 428 g/mol. The van der Waals surface area contributed by atoms with Crippen LogP contribution in [0.1, 0.15) is 11.1 Å². The van der Waals surface area contributed by atoms with Crippen molar-refractivity contribution in [2.45, 2.75) is 0 Å². The van der Waals surface area contributed by atoms with E-state index in [1.807, 2.05) is 0 Å². The van der Waals surface area contributed by atoms with Crippen LogP contribution in [0.15, 0.2) is 41.4 Å². The van der Waals surface area contributed by atoms with Crippen LogP contribution in [-0.4, -0.2) is 45.1 Å². The molecule has 0 aromatic heterocycles. The maximum Gasteiger partial charge on any atom is 0.248 e. The van der Waals surface area contributed by atoms with Crippen molar-refractivity contribution >= 4 is 50.3 Å². The first-order valence-electron chi connectivity index (χ1n) is 7.93. The minimum atomic E-state index is -3.28. The van der Waals surface area contributed by atoms with E-state index >= 15 is 0 Å². The first-order chi connectivity index (χ1) is 12.7. The van der Waals surface area contributed by atoms with Gasteiger partial charge in [-0.3, -0.25) is 9.79 Å². The highest BCUT2D eigenvalue weighted by Crippen LogP contribution is 2.30. The molecular weight excluding hydrogens is 414 g/mol. The predicted molar refractivity (Wildman–Crippen MR) is 105 cm³/mol. The van der Waals surface area contributed by atoms with Gasteiger partial charge in [0.05, 0.1) is 17.2 Å². The van der Waals surface area contributed by atoms with E-state index in [-0.39, 0.29) is 41.0 Å². The summed E-state index contributed by atoms with van der Waals surface area (Å²) >= 11 is 11.9. The molecule has 2 aromatic carbocycles. The largest absolute Gasteiger partial charge is 0.309 e. The van der Waals surface area contributed by atoms with Gasteiger partial charge in [-0.2, -0.15) is 0 Å². The lowest BCUT2D eigenvalue weighted by molar-refractivity contribution is -0.117. The van der Waals surface area contributed by atoms with Crippen molar-refractivity contribution in [1.82, 2.24) is 0 Å². The molecule has 0 bridgehead atoms. The topological polar surface area (TPSA) is 66.8 Å². The van der Waals surface area contributed by atoms with Crippen LogP contribution in [0.4, 0.5) is 10.1 Å². The van der Waals surface area contributed by atoms with Crippen molar-refractivity contribution in [1.29, 1.82) is 0 Å². The van der Waals surface area contributed by atoms with Gasteiger partial charge in [0, 0.05) is 34.0 Å². The van der Waals surface area contributed by atoms with Crippen molar-refractivity contribution in [2.24, 2.45) is 4.99 Å². The fourth-order valence-corrected chi connectivity index (χ4v) is 3.64. The van der Waals surface area contributed by atoms with Crippen LogP contribution in [-0.2, 0) is 14.6 Å². The quantitative estimate of drug-likeness (QED) is 0.749. The fourth-order valence-electron chi connectivity index (χ4n) is 2.80. The minimum Gasteiger partial charge on any atom is -0.309 e. The zero-order chi connectivity index (χ0) is 19.8. The van der Waals surface area contributed by atoms with Crippen LogP contribution in [0.3, 0.4) is 0 Å². The third-order valence-corrected chi connectivity index (χ3v) is 5.44. The molecular formula is C18H15Cl2FN2O3S. The van der Waals surface area contributed by atoms with Gasteiger partial charge < -0.3 is 4.90 Å². The summed E-state index contributed by atoms with van der Waals surface area (Å²) in [5.41, 5.74) is 1.32. The Morgan fingerprint density at radius 2 is 1.78 bits per heavy atom. The minimum absolute atomic E-state index is 0.0296. The molecule has 0 fully saturated rings. The highest BCUT2D eigenvalue weighted by Gasteiger charge is 2.27. The van der Waals surface area contributed by atoms with Crippen molar-refractivity contribution in [3.8, 4) is 0 Å². The molecule has 27 heavy (non-hydrogen) atoms. The number of anilines is 1. The van der Waals surface area contributed by atoms with Gasteiger partial charge in [-0.05, 0) is 36.4 Å². The van der Waals surface area contributed by atoms with Crippen LogP contribution < -0.4 is 4.90 Å². The molecule has 5 nitrogen and oxygen atoms in total. The summed E-state index contributed by atoms with van der Waals surface area (Å²) in [7, 11) is -3.28. The summed E-state index contributed by atoms with van der Waals surface area (Å²) in [6.45, 7) is -0.272. The Balaban J connectivity index is 2.14. The number of amides is 1. The van der Waals surface area contributed by atoms with E-state index in [1.165, 1.54) is 17.0 Å². The molecule has 0 atom stereocenters. The Hall–Kier alpha value is -1.96. The van der Waals surface area contributed by atoms with E-state index in [9.17, 15) is 17.6 Å². The predicted octanol–water partition coefficient (Wildman–Crippen LogP) is 3.36. The molecule has 1 aliphatic heterocycles. The third-order valence-electron chi connectivity index (χ3n) is 4.05. The summed E-state index contributed by atoms with van der Waals surface area (Å²) in [5, 5.41) is 0.621. The fraction of sp³-hybridized carbons (Fsp3) is 0.222. The molecule has 1 heterocycles. The number of benzodiazepines with no additional fused rings is 1. The number of fused-ring (bicyclic) bond motifs is 1. The number of benzene rings is 2. The third kappa shape index (κ3) is 4.48. The standard InChI is InChI=1S/C18H15Cl2FN2O3S/c1-27(25,26)7-6-23-16-5-3-11(19)8-14(16)18(22-10-17(23)24)13-4-2-12(20)9-15(13)21/h2-5,8-9H,6-7,10H2,1H3. The van der Waals surface area contributed by atoms with Crippen LogP contribution in [0.5, 0.6) is 0 Å². The Morgan fingerprint density at radius 1 is 1.11 bits per heavy atom. The molecule has 0 saturated heterocycles. The van der Waals surface area contributed by atoms with Gasteiger partial charge in [-0.25, -0.2) is 12.8 Å². The Labute approximate surface area is 166 Å². The van der Waals surface area contributed by atoms with Crippen molar-refractivity contribution in [2.75, 3.05) is 30.0 Å². The van der Waals surface area contributed by atoms with E-state index in [4.69, 9.17) is 23.2 Å².